The predicted molar refractivity (Wildman–Crippen MR) is 102 cm³/mol. The van der Waals surface area contributed by atoms with Gasteiger partial charge in [-0.1, -0.05) is 6.92 Å². The first-order chi connectivity index (χ1) is 14.1. The summed E-state index contributed by atoms with van der Waals surface area (Å²) in [6.45, 7) is 2.18. The second-order valence-electron chi connectivity index (χ2n) is 8.06. The van der Waals surface area contributed by atoms with Crippen LogP contribution in [0.15, 0.2) is 24.3 Å². The van der Waals surface area contributed by atoms with Crippen LogP contribution >= 0.6 is 0 Å². The van der Waals surface area contributed by atoms with E-state index in [9.17, 15) is 27.6 Å². The molecule has 1 saturated heterocycles. The maximum Gasteiger partial charge on any atom is 0.416 e. The van der Waals surface area contributed by atoms with Crippen LogP contribution in [0.2, 0.25) is 0 Å². The number of ether oxygens (including phenoxy) is 1. The summed E-state index contributed by atoms with van der Waals surface area (Å²) in [5.74, 6) is -0.814. The Morgan fingerprint density at radius 1 is 1.27 bits per heavy atom. The standard InChI is InChI=1S/C21H25F3N2O4/c1-13(11-18(28)26-20-9-2-3-17(20)30-12-16(20)27)8-10-25-19(29)14-4-6-15(7-5-14)21(22,23)24/h4-7,13,17H,2-3,8-12H2,1H3,(H,25,29)(H,26,28). The fourth-order valence-electron chi connectivity index (χ4n) is 4.10. The molecule has 3 atom stereocenters. The summed E-state index contributed by atoms with van der Waals surface area (Å²) in [6, 6.07) is 4.00. The van der Waals surface area contributed by atoms with Crippen LogP contribution in [0.3, 0.4) is 0 Å². The molecule has 1 aliphatic carbocycles. The summed E-state index contributed by atoms with van der Waals surface area (Å²) >= 11 is 0. The lowest BCUT2D eigenvalue weighted by Gasteiger charge is -2.28. The van der Waals surface area contributed by atoms with Crippen molar-refractivity contribution < 1.29 is 32.3 Å². The third-order valence-electron chi connectivity index (χ3n) is 5.79. The van der Waals surface area contributed by atoms with Crippen molar-refractivity contribution in [3.05, 3.63) is 35.4 Å². The number of amides is 2. The number of rotatable bonds is 7. The van der Waals surface area contributed by atoms with Gasteiger partial charge in [-0.2, -0.15) is 13.2 Å². The Morgan fingerprint density at radius 3 is 2.63 bits per heavy atom. The molecule has 1 heterocycles. The Bertz CT molecular complexity index is 809. The lowest BCUT2D eigenvalue weighted by molar-refractivity contribution is -0.137. The molecule has 0 radical (unpaired) electrons. The number of hydrogen-bond donors (Lipinski definition) is 2. The Kier molecular flexibility index (Phi) is 6.50. The summed E-state index contributed by atoms with van der Waals surface area (Å²) in [6.07, 6.45) is -1.77. The molecule has 6 nitrogen and oxygen atoms in total. The number of hydrogen-bond acceptors (Lipinski definition) is 4. The highest BCUT2D eigenvalue weighted by Crippen LogP contribution is 2.38. The van der Waals surface area contributed by atoms with E-state index in [2.05, 4.69) is 10.6 Å². The van der Waals surface area contributed by atoms with Gasteiger partial charge in [0.05, 0.1) is 11.7 Å². The normalized spacial score (nSPS) is 24.4. The zero-order valence-corrected chi connectivity index (χ0v) is 16.7. The Morgan fingerprint density at radius 2 is 1.97 bits per heavy atom. The highest BCUT2D eigenvalue weighted by atomic mass is 19.4. The van der Waals surface area contributed by atoms with Gasteiger partial charge in [-0.3, -0.25) is 14.4 Å². The highest BCUT2D eigenvalue weighted by molar-refractivity contribution is 5.96. The summed E-state index contributed by atoms with van der Waals surface area (Å²) in [5.41, 5.74) is -1.55. The highest BCUT2D eigenvalue weighted by Gasteiger charge is 2.54. The molecule has 2 fully saturated rings. The van der Waals surface area contributed by atoms with Gasteiger partial charge in [0, 0.05) is 18.5 Å². The fraction of sp³-hybridized carbons (Fsp3) is 0.571. The zero-order chi connectivity index (χ0) is 21.9. The van der Waals surface area contributed by atoms with Crippen LogP contribution < -0.4 is 10.6 Å². The van der Waals surface area contributed by atoms with Crippen LogP contribution in [-0.2, 0) is 20.5 Å². The van der Waals surface area contributed by atoms with Crippen LogP contribution in [0, 0.1) is 5.92 Å². The Labute approximate surface area is 172 Å². The fourth-order valence-corrected chi connectivity index (χ4v) is 4.10. The van der Waals surface area contributed by atoms with E-state index in [-0.39, 0.29) is 48.8 Å². The zero-order valence-electron chi connectivity index (χ0n) is 16.7. The summed E-state index contributed by atoms with van der Waals surface area (Å²) in [5, 5.41) is 5.54. The molecule has 2 N–H and O–H groups in total. The number of ketones is 1. The van der Waals surface area contributed by atoms with Crippen LogP contribution in [0.1, 0.15) is 54.9 Å². The molecule has 3 unspecified atom stereocenters. The van der Waals surface area contributed by atoms with Crippen molar-refractivity contribution in [3.8, 4) is 0 Å². The largest absolute Gasteiger partial charge is 0.416 e. The van der Waals surface area contributed by atoms with Crippen molar-refractivity contribution in [1.29, 1.82) is 0 Å². The minimum Gasteiger partial charge on any atom is -0.367 e. The van der Waals surface area contributed by atoms with Crippen LogP contribution in [0.5, 0.6) is 0 Å². The van der Waals surface area contributed by atoms with E-state index in [0.29, 0.717) is 12.8 Å². The number of benzene rings is 1. The monoisotopic (exact) mass is 426 g/mol. The molecule has 30 heavy (non-hydrogen) atoms. The van der Waals surface area contributed by atoms with E-state index in [1.54, 1.807) is 0 Å². The molecule has 1 aliphatic heterocycles. The van der Waals surface area contributed by atoms with Crippen LogP contribution in [-0.4, -0.2) is 42.4 Å². The Hall–Kier alpha value is -2.42. The first kappa shape index (κ1) is 22.3. The molecule has 0 spiro atoms. The van der Waals surface area contributed by atoms with Crippen molar-refractivity contribution in [2.75, 3.05) is 13.2 Å². The molecule has 3 rings (SSSR count). The van der Waals surface area contributed by atoms with Crippen LogP contribution in [0.25, 0.3) is 0 Å². The lowest BCUT2D eigenvalue weighted by atomic mass is 9.91. The van der Waals surface area contributed by atoms with Gasteiger partial charge in [0.25, 0.3) is 5.91 Å². The topological polar surface area (TPSA) is 84.5 Å². The third kappa shape index (κ3) is 4.83. The summed E-state index contributed by atoms with van der Waals surface area (Å²) in [4.78, 5) is 36.7. The molecule has 9 heteroatoms. The minimum absolute atomic E-state index is 0.0382. The van der Waals surface area contributed by atoms with Gasteiger partial charge in [-0.25, -0.2) is 0 Å². The Balaban J connectivity index is 1.42. The van der Waals surface area contributed by atoms with Gasteiger partial charge < -0.3 is 15.4 Å². The van der Waals surface area contributed by atoms with Crippen molar-refractivity contribution in [3.63, 3.8) is 0 Å². The average Bonchev–Trinajstić information content (AvgIpc) is 3.20. The van der Waals surface area contributed by atoms with Gasteiger partial charge in [0.15, 0.2) is 5.78 Å². The number of carbonyl (C=O) groups is 3. The molecular weight excluding hydrogens is 401 g/mol. The molecule has 1 aromatic rings. The van der Waals surface area contributed by atoms with E-state index in [1.807, 2.05) is 6.92 Å². The lowest BCUT2D eigenvalue weighted by Crippen LogP contribution is -2.56. The SMILES string of the molecule is CC(CCNC(=O)c1ccc(C(F)(F)F)cc1)CC(=O)NC12CCCC1OCC2=O. The first-order valence-corrected chi connectivity index (χ1v) is 10.0. The van der Waals surface area contributed by atoms with Crippen LogP contribution in [0.4, 0.5) is 13.2 Å². The quantitative estimate of drug-likeness (QED) is 0.702. The first-order valence-electron chi connectivity index (χ1n) is 10.0. The minimum atomic E-state index is -4.45. The van der Waals surface area contributed by atoms with Crippen molar-refractivity contribution >= 4 is 17.6 Å². The van der Waals surface area contributed by atoms with E-state index in [1.165, 1.54) is 0 Å². The second-order valence-corrected chi connectivity index (χ2v) is 8.06. The van der Waals surface area contributed by atoms with E-state index < -0.39 is 23.2 Å². The number of alkyl halides is 3. The van der Waals surface area contributed by atoms with Crippen molar-refractivity contribution in [1.82, 2.24) is 10.6 Å². The molecule has 164 valence electrons. The predicted octanol–water partition coefficient (Wildman–Crippen LogP) is 2.86. The van der Waals surface area contributed by atoms with Gasteiger partial charge in [0.2, 0.25) is 5.91 Å². The summed E-state index contributed by atoms with van der Waals surface area (Å²) in [7, 11) is 0. The molecular formula is C21H25F3N2O4. The number of carbonyl (C=O) groups excluding carboxylic acids is 3. The summed E-state index contributed by atoms with van der Waals surface area (Å²) < 4.78 is 43.2. The van der Waals surface area contributed by atoms with Gasteiger partial charge in [-0.15, -0.1) is 0 Å². The number of fused-ring (bicyclic) bond motifs is 1. The molecule has 0 bridgehead atoms. The number of nitrogens with one attached hydrogen (secondary N) is 2. The smallest absolute Gasteiger partial charge is 0.367 e. The van der Waals surface area contributed by atoms with Crippen molar-refractivity contribution in [2.24, 2.45) is 5.92 Å². The van der Waals surface area contributed by atoms with E-state index in [0.717, 1.165) is 37.1 Å². The van der Waals surface area contributed by atoms with Crippen molar-refractivity contribution in [2.45, 2.75) is 56.8 Å². The average molecular weight is 426 g/mol. The number of Topliss-reactive ketones (excluding diaryl/α,β-unsaturated/α-hetero) is 1. The van der Waals surface area contributed by atoms with E-state index >= 15 is 0 Å². The second kappa shape index (κ2) is 8.75. The third-order valence-corrected chi connectivity index (χ3v) is 5.79. The maximum atomic E-state index is 12.6. The molecule has 1 saturated carbocycles. The number of halogens is 3. The maximum absolute atomic E-state index is 12.6. The molecule has 0 aromatic heterocycles. The van der Waals surface area contributed by atoms with E-state index in [4.69, 9.17) is 4.74 Å². The van der Waals surface area contributed by atoms with Gasteiger partial charge in [0.1, 0.15) is 12.1 Å². The van der Waals surface area contributed by atoms with Gasteiger partial charge >= 0.3 is 6.18 Å². The molecule has 1 aromatic carbocycles. The van der Waals surface area contributed by atoms with Gasteiger partial charge in [-0.05, 0) is 55.9 Å². The molecule has 2 aliphatic rings. The molecule has 2 amide bonds.